The number of hydrogen-bond donors (Lipinski definition) is 2. The highest BCUT2D eigenvalue weighted by atomic mass is 28.4. The number of rotatable bonds is 14. The molecule has 9 heteroatoms. The summed E-state index contributed by atoms with van der Waals surface area (Å²) in [5.41, 5.74) is 2.61. The van der Waals surface area contributed by atoms with E-state index in [1.165, 1.54) is 0 Å². The average Bonchev–Trinajstić information content (AvgIpc) is 3.54. The number of Topliss-reactive ketones (excluding diaryl/α,β-unsaturated/α-hetero) is 1. The SMILES string of the molecule is C[C@H](NC(=O)OCc1ccccc1)C(=O)C[C@@H](Cc1ccccc1)C(=O)N[C@@H](Cc1ccccc1)C(=O)O[Si]1(C(C)(C)C)CCCC1. The maximum atomic E-state index is 14.0. The van der Waals surface area contributed by atoms with Crippen molar-refractivity contribution in [1.82, 2.24) is 10.6 Å². The van der Waals surface area contributed by atoms with Gasteiger partial charge in [0.2, 0.25) is 5.91 Å². The molecule has 0 spiro atoms. The van der Waals surface area contributed by atoms with Crippen molar-refractivity contribution in [3.05, 3.63) is 108 Å². The van der Waals surface area contributed by atoms with E-state index in [1.807, 2.05) is 91.0 Å². The minimum absolute atomic E-state index is 0.0743. The lowest BCUT2D eigenvalue weighted by Gasteiger charge is -2.39. The maximum Gasteiger partial charge on any atom is 0.408 e. The second kappa shape index (κ2) is 16.5. The summed E-state index contributed by atoms with van der Waals surface area (Å²) in [6, 6.07) is 28.3. The number of ketones is 1. The predicted molar refractivity (Wildman–Crippen MR) is 185 cm³/mol. The molecule has 3 aromatic carbocycles. The second-order valence-corrected chi connectivity index (χ2v) is 18.3. The van der Waals surface area contributed by atoms with E-state index in [1.54, 1.807) is 6.92 Å². The Morgan fingerprint density at radius 2 is 1.26 bits per heavy atom. The zero-order valence-electron chi connectivity index (χ0n) is 28.0. The van der Waals surface area contributed by atoms with Crippen LogP contribution in [0, 0.1) is 5.92 Å². The third kappa shape index (κ3) is 10.4. The highest BCUT2D eigenvalue weighted by Gasteiger charge is 2.52. The van der Waals surface area contributed by atoms with Crippen LogP contribution in [0.5, 0.6) is 0 Å². The van der Waals surface area contributed by atoms with E-state index < -0.39 is 44.3 Å². The van der Waals surface area contributed by atoms with Gasteiger partial charge in [0.25, 0.3) is 8.32 Å². The molecule has 0 saturated carbocycles. The van der Waals surface area contributed by atoms with Crippen LogP contribution in [0.3, 0.4) is 0 Å². The Morgan fingerprint density at radius 1 is 0.745 bits per heavy atom. The Balaban J connectivity index is 1.49. The number of ether oxygens (including phenoxy) is 1. The molecule has 0 aliphatic carbocycles. The molecule has 250 valence electrons. The van der Waals surface area contributed by atoms with Crippen molar-refractivity contribution in [2.45, 2.75) is 95.6 Å². The third-order valence-electron chi connectivity index (χ3n) is 9.13. The van der Waals surface area contributed by atoms with E-state index >= 15 is 0 Å². The summed E-state index contributed by atoms with van der Waals surface area (Å²) in [6.07, 6.45) is 1.80. The molecule has 1 heterocycles. The van der Waals surface area contributed by atoms with E-state index in [9.17, 15) is 19.2 Å². The van der Waals surface area contributed by atoms with Crippen LogP contribution in [0.25, 0.3) is 0 Å². The monoisotopic (exact) mass is 656 g/mol. The van der Waals surface area contributed by atoms with E-state index in [2.05, 4.69) is 31.4 Å². The Kier molecular flexibility index (Phi) is 12.5. The van der Waals surface area contributed by atoms with Gasteiger partial charge in [-0.2, -0.15) is 0 Å². The maximum absolute atomic E-state index is 14.0. The molecule has 0 radical (unpaired) electrons. The molecule has 1 aliphatic rings. The first-order chi connectivity index (χ1) is 22.5. The first-order valence-corrected chi connectivity index (χ1v) is 18.9. The van der Waals surface area contributed by atoms with Crippen LogP contribution >= 0.6 is 0 Å². The van der Waals surface area contributed by atoms with Gasteiger partial charge >= 0.3 is 12.1 Å². The van der Waals surface area contributed by atoms with E-state index in [-0.39, 0.29) is 36.7 Å². The first kappa shape index (κ1) is 35.6. The van der Waals surface area contributed by atoms with Gasteiger partial charge in [-0.15, -0.1) is 0 Å². The number of benzene rings is 3. The summed E-state index contributed by atoms with van der Waals surface area (Å²) < 4.78 is 11.8. The molecular weight excluding hydrogens is 609 g/mol. The van der Waals surface area contributed by atoms with Crippen molar-refractivity contribution in [2.24, 2.45) is 5.92 Å². The molecular formula is C38H48N2O6Si. The highest BCUT2D eigenvalue weighted by molar-refractivity contribution is 6.78. The number of nitrogens with one attached hydrogen (secondary N) is 2. The molecule has 8 nitrogen and oxygen atoms in total. The molecule has 1 fully saturated rings. The van der Waals surface area contributed by atoms with Gasteiger partial charge in [0, 0.05) is 18.8 Å². The van der Waals surface area contributed by atoms with Crippen LogP contribution < -0.4 is 10.6 Å². The molecule has 3 aromatic rings. The van der Waals surface area contributed by atoms with Gasteiger partial charge in [-0.25, -0.2) is 4.79 Å². The van der Waals surface area contributed by atoms with Crippen molar-refractivity contribution in [3.63, 3.8) is 0 Å². The van der Waals surface area contributed by atoms with Crippen LogP contribution in [0.1, 0.15) is 63.6 Å². The summed E-state index contributed by atoms with van der Waals surface area (Å²) in [4.78, 5) is 53.9. The van der Waals surface area contributed by atoms with Gasteiger partial charge in [0.1, 0.15) is 12.6 Å². The van der Waals surface area contributed by atoms with E-state index in [4.69, 9.17) is 9.16 Å². The smallest absolute Gasteiger partial charge is 0.408 e. The van der Waals surface area contributed by atoms with Crippen LogP contribution in [0.2, 0.25) is 17.1 Å². The van der Waals surface area contributed by atoms with Gasteiger partial charge in [0.15, 0.2) is 5.78 Å². The Hall–Kier alpha value is -4.24. The quantitative estimate of drug-likeness (QED) is 0.182. The number of amides is 2. The topological polar surface area (TPSA) is 111 Å². The zero-order valence-corrected chi connectivity index (χ0v) is 29.0. The van der Waals surface area contributed by atoms with Gasteiger partial charge < -0.3 is 19.8 Å². The van der Waals surface area contributed by atoms with Crippen molar-refractivity contribution < 1.29 is 28.3 Å². The molecule has 3 atom stereocenters. The third-order valence-corrected chi connectivity index (χ3v) is 14.8. The number of hydrogen-bond acceptors (Lipinski definition) is 6. The number of alkyl carbamates (subject to hydrolysis) is 1. The van der Waals surface area contributed by atoms with E-state index in [0.29, 0.717) is 0 Å². The van der Waals surface area contributed by atoms with Crippen molar-refractivity contribution in [3.8, 4) is 0 Å². The molecule has 1 saturated heterocycles. The summed E-state index contributed by atoms with van der Waals surface area (Å²) in [6.45, 7) is 8.10. The van der Waals surface area contributed by atoms with Gasteiger partial charge in [-0.3, -0.25) is 14.4 Å². The number of carbonyl (C=O) groups excluding carboxylic acids is 4. The Labute approximate surface area is 279 Å². The zero-order chi connectivity index (χ0) is 33.9. The summed E-state index contributed by atoms with van der Waals surface area (Å²) in [5, 5.41) is 5.46. The molecule has 47 heavy (non-hydrogen) atoms. The molecule has 2 amide bonds. The summed E-state index contributed by atoms with van der Waals surface area (Å²) >= 11 is 0. The molecule has 1 aliphatic heterocycles. The Morgan fingerprint density at radius 3 is 1.79 bits per heavy atom. The van der Waals surface area contributed by atoms with Gasteiger partial charge in [-0.05, 0) is 47.2 Å². The highest BCUT2D eigenvalue weighted by Crippen LogP contribution is 2.48. The van der Waals surface area contributed by atoms with Gasteiger partial charge in [0.05, 0.1) is 6.04 Å². The Bertz CT molecular complexity index is 1470. The van der Waals surface area contributed by atoms with Crippen molar-refractivity contribution in [1.29, 1.82) is 0 Å². The van der Waals surface area contributed by atoms with Crippen LogP contribution in [-0.4, -0.2) is 44.2 Å². The lowest BCUT2D eigenvalue weighted by molar-refractivity contribution is -0.141. The minimum atomic E-state index is -2.41. The normalized spacial score (nSPS) is 15.9. The fourth-order valence-electron chi connectivity index (χ4n) is 6.15. The lowest BCUT2D eigenvalue weighted by Crippen LogP contribution is -2.53. The van der Waals surface area contributed by atoms with Crippen LogP contribution in [-0.2, 0) is 43.0 Å². The minimum Gasteiger partial charge on any atom is -0.517 e. The molecule has 2 N–H and O–H groups in total. The standard InChI is InChI=1S/C38H48N2O6Si/c1-28(39-37(44)45-27-31-20-12-7-13-21-31)34(41)26-32(24-29-16-8-5-9-17-29)35(42)40-33(25-30-18-10-6-11-19-30)36(43)46-47(38(2,3)4)22-14-15-23-47/h5-13,16-21,28,32-33H,14-15,22-27H2,1-4H3,(H,39,44)(H,40,42)/t28-,32+,33-/m0/s1. The summed E-state index contributed by atoms with van der Waals surface area (Å²) in [5.74, 6) is -1.91. The number of carbonyl (C=O) groups is 4. The first-order valence-electron chi connectivity index (χ1n) is 16.6. The van der Waals surface area contributed by atoms with Gasteiger partial charge in [-0.1, -0.05) is 125 Å². The molecule has 0 unspecified atom stereocenters. The lowest BCUT2D eigenvalue weighted by atomic mass is 9.91. The fourth-order valence-corrected chi connectivity index (χ4v) is 10.6. The molecule has 0 bridgehead atoms. The fraction of sp³-hybridized carbons (Fsp3) is 0.421. The van der Waals surface area contributed by atoms with Crippen molar-refractivity contribution in [2.75, 3.05) is 0 Å². The average molecular weight is 657 g/mol. The second-order valence-electron chi connectivity index (χ2n) is 13.6. The molecule has 4 rings (SSSR count). The largest absolute Gasteiger partial charge is 0.517 e. The predicted octanol–water partition coefficient (Wildman–Crippen LogP) is 6.93. The van der Waals surface area contributed by atoms with E-state index in [0.717, 1.165) is 41.6 Å². The van der Waals surface area contributed by atoms with Crippen LogP contribution in [0.15, 0.2) is 91.0 Å². The van der Waals surface area contributed by atoms with Crippen molar-refractivity contribution >= 4 is 32.1 Å². The molecule has 0 aromatic heterocycles. The van der Waals surface area contributed by atoms with Crippen LogP contribution in [0.4, 0.5) is 4.79 Å². The summed E-state index contributed by atoms with van der Waals surface area (Å²) in [7, 11) is -2.41.